The van der Waals surface area contributed by atoms with E-state index in [1.807, 2.05) is 42.5 Å². The first-order valence-electron chi connectivity index (χ1n) is 6.05. The van der Waals surface area contributed by atoms with E-state index >= 15 is 0 Å². The number of nitrogens with one attached hydrogen (secondary N) is 2. The Labute approximate surface area is 124 Å². The molecule has 0 fully saturated rings. The third-order valence-corrected chi connectivity index (χ3v) is 3.69. The van der Waals surface area contributed by atoms with E-state index in [0.29, 0.717) is 5.82 Å². The van der Waals surface area contributed by atoms with Crippen LogP contribution in [-0.2, 0) is 4.79 Å². The Hall–Kier alpha value is -1.86. The molecule has 2 aromatic rings. The van der Waals surface area contributed by atoms with Crippen molar-refractivity contribution in [3.63, 3.8) is 0 Å². The molecule has 7 heteroatoms. The fourth-order valence-electron chi connectivity index (χ4n) is 1.93. The third-order valence-electron chi connectivity index (χ3n) is 2.86. The lowest BCUT2D eigenvalue weighted by Gasteiger charge is -2.09. The average Bonchev–Trinajstić information content (AvgIpc) is 2.79. The Balaban J connectivity index is 2.55. The highest BCUT2D eigenvalue weighted by molar-refractivity contribution is 9.10. The lowest BCUT2D eigenvalue weighted by Crippen LogP contribution is -2.27. The molecule has 2 aromatic heterocycles. The molecule has 106 valence electrons. The molecule has 0 unspecified atom stereocenters. The van der Waals surface area contributed by atoms with Crippen molar-refractivity contribution < 1.29 is 10.0 Å². The van der Waals surface area contributed by atoms with Crippen molar-refractivity contribution in [3.8, 4) is 0 Å². The molecular formula is C13H15BrN4O2. The topological polar surface area (TPSA) is 78.7 Å². The number of hydrogen-bond acceptors (Lipinski definition) is 4. The molecule has 0 bridgehead atoms. The second-order valence-corrected chi connectivity index (χ2v) is 5.05. The molecule has 2 rings (SSSR count). The number of fused-ring (bicyclic) bond motifs is 1. The van der Waals surface area contributed by atoms with Gasteiger partial charge in [-0.15, -0.1) is 0 Å². The van der Waals surface area contributed by atoms with Gasteiger partial charge in [0, 0.05) is 10.2 Å². The van der Waals surface area contributed by atoms with E-state index < -0.39 is 5.91 Å². The number of rotatable bonds is 4. The van der Waals surface area contributed by atoms with Crippen LogP contribution >= 0.6 is 15.9 Å². The lowest BCUT2D eigenvalue weighted by atomic mass is 10.3. The van der Waals surface area contributed by atoms with Crippen molar-refractivity contribution >= 4 is 39.4 Å². The number of pyridine rings is 1. The van der Waals surface area contributed by atoms with Crippen molar-refractivity contribution in [1.82, 2.24) is 14.9 Å². The monoisotopic (exact) mass is 338 g/mol. The van der Waals surface area contributed by atoms with E-state index in [4.69, 9.17) is 5.21 Å². The van der Waals surface area contributed by atoms with Crippen LogP contribution in [0.1, 0.15) is 18.3 Å². The maximum absolute atomic E-state index is 11.2. The van der Waals surface area contributed by atoms with Gasteiger partial charge in [0.05, 0.1) is 6.54 Å². The quantitative estimate of drug-likeness (QED) is 0.590. The molecule has 2 heterocycles. The summed E-state index contributed by atoms with van der Waals surface area (Å²) in [5.41, 5.74) is 4.08. The number of allylic oxidation sites excluding steroid dienone is 1. The van der Waals surface area contributed by atoms with Crippen LogP contribution in [0.15, 0.2) is 22.7 Å². The van der Waals surface area contributed by atoms with Gasteiger partial charge in [-0.2, -0.15) is 0 Å². The van der Waals surface area contributed by atoms with Crippen LogP contribution in [0.2, 0.25) is 0 Å². The van der Waals surface area contributed by atoms with Crippen LogP contribution in [0.5, 0.6) is 0 Å². The highest BCUT2D eigenvalue weighted by atomic mass is 79.9. The molecule has 1 amide bonds. The Bertz CT molecular complexity index is 679. The smallest absolute Gasteiger partial charge is 0.262 e. The molecule has 20 heavy (non-hydrogen) atoms. The van der Waals surface area contributed by atoms with Crippen LogP contribution in [0.25, 0.3) is 11.7 Å². The number of imidazole rings is 1. The summed E-state index contributed by atoms with van der Waals surface area (Å²) >= 11 is 3.48. The van der Waals surface area contributed by atoms with Crippen LogP contribution in [0.4, 0.5) is 5.82 Å². The molecular weight excluding hydrogens is 324 g/mol. The van der Waals surface area contributed by atoms with E-state index in [0.717, 1.165) is 21.5 Å². The van der Waals surface area contributed by atoms with Gasteiger partial charge < -0.3 is 5.32 Å². The minimum atomic E-state index is -0.515. The molecule has 0 aliphatic heterocycles. The molecule has 3 N–H and O–H groups in total. The highest BCUT2D eigenvalue weighted by Gasteiger charge is 2.13. The first kappa shape index (κ1) is 14.5. The number of carbonyl (C=O) groups excluding carboxylic acids is 1. The average molecular weight is 339 g/mol. The minimum absolute atomic E-state index is 0.0409. The zero-order valence-corrected chi connectivity index (χ0v) is 12.7. The molecule has 0 atom stereocenters. The molecule has 0 saturated carbocycles. The van der Waals surface area contributed by atoms with E-state index in [1.165, 1.54) is 0 Å². The van der Waals surface area contributed by atoms with Gasteiger partial charge in [-0.1, -0.05) is 6.08 Å². The second kappa shape index (κ2) is 6.06. The molecule has 0 saturated heterocycles. The molecule has 0 aromatic carbocycles. The Morgan fingerprint density at radius 2 is 2.30 bits per heavy atom. The van der Waals surface area contributed by atoms with Gasteiger partial charge >= 0.3 is 0 Å². The number of hydrogen-bond donors (Lipinski definition) is 3. The van der Waals surface area contributed by atoms with Crippen LogP contribution < -0.4 is 10.8 Å². The Morgan fingerprint density at radius 3 is 2.95 bits per heavy atom. The molecule has 0 aliphatic carbocycles. The minimum Gasteiger partial charge on any atom is -0.360 e. The van der Waals surface area contributed by atoms with Gasteiger partial charge in [0.15, 0.2) is 0 Å². The summed E-state index contributed by atoms with van der Waals surface area (Å²) in [5.74, 6) is 0.194. The van der Waals surface area contributed by atoms with Gasteiger partial charge in [-0.05, 0) is 48.0 Å². The summed E-state index contributed by atoms with van der Waals surface area (Å²) in [6, 6.07) is 3.82. The summed E-state index contributed by atoms with van der Waals surface area (Å²) in [6.07, 6.45) is 3.74. The molecule has 0 aliphatic rings. The van der Waals surface area contributed by atoms with E-state index in [9.17, 15) is 4.79 Å². The number of carbonyl (C=O) groups is 1. The molecule has 6 nitrogen and oxygen atoms in total. The van der Waals surface area contributed by atoms with Crippen molar-refractivity contribution in [2.24, 2.45) is 0 Å². The number of aryl methyl sites for hydroxylation is 1. The van der Waals surface area contributed by atoms with Gasteiger partial charge in [0.2, 0.25) is 0 Å². The first-order valence-corrected chi connectivity index (χ1v) is 6.84. The van der Waals surface area contributed by atoms with Crippen LogP contribution in [-0.4, -0.2) is 27.0 Å². The van der Waals surface area contributed by atoms with Gasteiger partial charge in [0.25, 0.3) is 5.91 Å². The lowest BCUT2D eigenvalue weighted by molar-refractivity contribution is -0.127. The van der Waals surface area contributed by atoms with E-state index in [1.54, 1.807) is 5.48 Å². The van der Waals surface area contributed by atoms with E-state index in [2.05, 4.69) is 26.2 Å². The summed E-state index contributed by atoms with van der Waals surface area (Å²) in [6.45, 7) is 3.81. The number of aromatic nitrogens is 2. The summed E-state index contributed by atoms with van der Waals surface area (Å²) < 4.78 is 2.87. The van der Waals surface area contributed by atoms with Gasteiger partial charge in [0.1, 0.15) is 17.2 Å². The van der Waals surface area contributed by atoms with Gasteiger partial charge in [-0.25, -0.2) is 10.5 Å². The fraction of sp³-hybridized carbons (Fsp3) is 0.231. The van der Waals surface area contributed by atoms with Crippen molar-refractivity contribution in [2.45, 2.75) is 13.8 Å². The predicted molar refractivity (Wildman–Crippen MR) is 80.8 cm³/mol. The number of nitrogens with zero attached hydrogens (tertiary/aromatic N) is 2. The predicted octanol–water partition coefficient (Wildman–Crippen LogP) is 2.36. The maximum atomic E-state index is 11.2. The largest absolute Gasteiger partial charge is 0.360 e. The van der Waals surface area contributed by atoms with Gasteiger partial charge in [-0.3, -0.25) is 14.4 Å². The van der Waals surface area contributed by atoms with Crippen molar-refractivity contribution in [1.29, 1.82) is 0 Å². The summed E-state index contributed by atoms with van der Waals surface area (Å²) in [7, 11) is 0. The zero-order chi connectivity index (χ0) is 14.7. The highest BCUT2D eigenvalue weighted by Crippen LogP contribution is 2.25. The second-order valence-electron chi connectivity index (χ2n) is 4.19. The summed E-state index contributed by atoms with van der Waals surface area (Å²) in [4.78, 5) is 15.7. The number of amides is 1. The van der Waals surface area contributed by atoms with E-state index in [-0.39, 0.29) is 6.54 Å². The van der Waals surface area contributed by atoms with Crippen molar-refractivity contribution in [3.05, 3.63) is 34.1 Å². The third kappa shape index (κ3) is 2.68. The Morgan fingerprint density at radius 1 is 1.55 bits per heavy atom. The normalized spacial score (nSPS) is 11.2. The maximum Gasteiger partial charge on any atom is 0.262 e. The Kier molecular flexibility index (Phi) is 4.41. The fourth-order valence-corrected chi connectivity index (χ4v) is 2.24. The standard InChI is InChI=1S/C13H15BrN4O2/c1-3-4-10-13(15-7-12(19)17-20)18-8(2)9(14)5-6-11(18)16-10/h3-6,15,20H,7H2,1-2H3,(H,17,19)/b4-3+. The molecule has 0 spiro atoms. The van der Waals surface area contributed by atoms with Crippen LogP contribution in [0.3, 0.4) is 0 Å². The first-order chi connectivity index (χ1) is 9.58. The number of halogens is 1. The van der Waals surface area contributed by atoms with Crippen molar-refractivity contribution in [2.75, 3.05) is 11.9 Å². The summed E-state index contributed by atoms with van der Waals surface area (Å²) in [5, 5.41) is 11.6. The van der Waals surface area contributed by atoms with Crippen LogP contribution in [0, 0.1) is 6.92 Å². The molecule has 0 radical (unpaired) electrons. The number of hydroxylamine groups is 1. The SMILES string of the molecule is C/C=C/c1nc2ccc(Br)c(C)n2c1NCC(=O)NO. The zero-order valence-electron chi connectivity index (χ0n) is 11.1. The number of anilines is 1.